The van der Waals surface area contributed by atoms with Crippen LogP contribution >= 0.6 is 11.3 Å². The average Bonchev–Trinajstić information content (AvgIpc) is 2.88. The number of carbonyl (C=O) groups excluding carboxylic acids is 1. The molecular weight excluding hydrogens is 324 g/mol. The van der Waals surface area contributed by atoms with Gasteiger partial charge in [0.1, 0.15) is 10.3 Å². The number of carbonyl (C=O) groups is 1. The molecule has 7 heteroatoms. The van der Waals surface area contributed by atoms with E-state index < -0.39 is 0 Å². The van der Waals surface area contributed by atoms with E-state index >= 15 is 0 Å². The highest BCUT2D eigenvalue weighted by atomic mass is 32.1. The van der Waals surface area contributed by atoms with Gasteiger partial charge in [0.15, 0.2) is 0 Å². The fourth-order valence-electron chi connectivity index (χ4n) is 2.50. The number of hydrogen-bond donors (Lipinski definition) is 0. The molecule has 0 amide bonds. The fraction of sp³-hybridized carbons (Fsp3) is 0.294. The number of aromatic nitrogens is 3. The second-order valence-corrected chi connectivity index (χ2v) is 6.85. The molecule has 0 aromatic carbocycles. The third-order valence-corrected chi connectivity index (χ3v) is 4.84. The Morgan fingerprint density at radius 3 is 2.79 bits per heavy atom. The Morgan fingerprint density at radius 2 is 2.08 bits per heavy atom. The quantitative estimate of drug-likeness (QED) is 0.716. The average molecular weight is 342 g/mol. The molecule has 0 aliphatic carbocycles. The normalized spacial score (nSPS) is 12.3. The summed E-state index contributed by atoms with van der Waals surface area (Å²) in [6.45, 7) is 5.71. The van der Waals surface area contributed by atoms with Crippen molar-refractivity contribution in [3.63, 3.8) is 0 Å². The molecule has 0 bridgehead atoms. The number of fused-ring (bicyclic) bond motifs is 1. The lowest BCUT2D eigenvalue weighted by molar-refractivity contribution is 0.0958. The molecule has 0 aliphatic rings. The maximum Gasteiger partial charge on any atom is 0.273 e. The van der Waals surface area contributed by atoms with Crippen molar-refractivity contribution in [3.05, 3.63) is 57.0 Å². The second-order valence-electron chi connectivity index (χ2n) is 5.85. The van der Waals surface area contributed by atoms with Crippen LogP contribution in [-0.2, 0) is 7.05 Å². The Balaban J connectivity index is 2.23. The van der Waals surface area contributed by atoms with Gasteiger partial charge >= 0.3 is 0 Å². The van der Waals surface area contributed by atoms with Crippen LogP contribution in [0.3, 0.4) is 0 Å². The maximum atomic E-state index is 13.0. The van der Waals surface area contributed by atoms with E-state index in [0.29, 0.717) is 26.1 Å². The van der Waals surface area contributed by atoms with Crippen LogP contribution in [0, 0.1) is 6.92 Å². The Morgan fingerprint density at radius 1 is 1.33 bits per heavy atom. The third-order valence-electron chi connectivity index (χ3n) is 3.65. The maximum absolute atomic E-state index is 13.0. The number of rotatable bonds is 2. The van der Waals surface area contributed by atoms with Crippen LogP contribution in [0.15, 0.2) is 40.5 Å². The Kier molecular flexibility index (Phi) is 4.19. The van der Waals surface area contributed by atoms with Gasteiger partial charge in [-0.1, -0.05) is 6.07 Å². The van der Waals surface area contributed by atoms with E-state index in [0.717, 1.165) is 0 Å². The van der Waals surface area contributed by atoms with E-state index in [1.165, 1.54) is 26.8 Å². The van der Waals surface area contributed by atoms with Crippen LogP contribution in [0.25, 0.3) is 10.2 Å². The monoisotopic (exact) mass is 342 g/mol. The van der Waals surface area contributed by atoms with Crippen molar-refractivity contribution in [2.24, 2.45) is 12.0 Å². The fourth-order valence-corrected chi connectivity index (χ4v) is 3.57. The van der Waals surface area contributed by atoms with Gasteiger partial charge < -0.3 is 4.57 Å². The molecule has 0 unspecified atom stereocenters. The molecule has 3 rings (SSSR count). The van der Waals surface area contributed by atoms with Gasteiger partial charge in [-0.05, 0) is 38.5 Å². The first-order chi connectivity index (χ1) is 11.4. The molecule has 3 aromatic rings. The van der Waals surface area contributed by atoms with Crippen molar-refractivity contribution < 1.29 is 4.79 Å². The molecule has 0 spiro atoms. The zero-order chi connectivity index (χ0) is 17.4. The highest BCUT2D eigenvalue weighted by molar-refractivity contribution is 7.20. The van der Waals surface area contributed by atoms with Crippen LogP contribution in [0.1, 0.15) is 29.1 Å². The summed E-state index contributed by atoms with van der Waals surface area (Å²) in [6.07, 6.45) is 3.17. The molecule has 6 nitrogen and oxygen atoms in total. The molecule has 0 N–H and O–H groups in total. The van der Waals surface area contributed by atoms with E-state index in [1.807, 2.05) is 19.9 Å². The summed E-state index contributed by atoms with van der Waals surface area (Å²) < 4.78 is 2.94. The summed E-state index contributed by atoms with van der Waals surface area (Å²) in [4.78, 5) is 35.2. The summed E-state index contributed by atoms with van der Waals surface area (Å²) in [7, 11) is 1.65. The molecule has 0 fully saturated rings. The van der Waals surface area contributed by atoms with Crippen LogP contribution in [-0.4, -0.2) is 26.1 Å². The summed E-state index contributed by atoms with van der Waals surface area (Å²) >= 11 is 1.24. The Labute approximate surface area is 142 Å². The molecule has 24 heavy (non-hydrogen) atoms. The molecule has 0 saturated heterocycles. The number of aryl methyl sites for hydroxylation is 2. The van der Waals surface area contributed by atoms with Gasteiger partial charge in [0.25, 0.3) is 11.5 Å². The van der Waals surface area contributed by atoms with Gasteiger partial charge in [-0.25, -0.2) is 4.98 Å². The Bertz CT molecular complexity index is 1060. The van der Waals surface area contributed by atoms with Gasteiger partial charge in [0.05, 0.1) is 16.6 Å². The lowest BCUT2D eigenvalue weighted by Gasteiger charge is -2.06. The van der Waals surface area contributed by atoms with Gasteiger partial charge in [0, 0.05) is 19.3 Å². The molecule has 0 saturated carbocycles. The first-order valence-electron chi connectivity index (χ1n) is 7.61. The summed E-state index contributed by atoms with van der Waals surface area (Å²) in [5.74, 6) is -0.197. The van der Waals surface area contributed by atoms with E-state index in [1.54, 1.807) is 32.3 Å². The van der Waals surface area contributed by atoms with Crippen LogP contribution in [0.5, 0.6) is 0 Å². The minimum absolute atomic E-state index is 0.0731. The predicted molar refractivity (Wildman–Crippen MR) is 94.5 cm³/mol. The standard InChI is InChI=1S/C17H18N4O2S/c1-10(2)19-12-7-5-6-8-21(12)17(23)14-11(3)13-15(24-14)18-9-20(4)16(13)22/h5-10H,1-4H3. The van der Waals surface area contributed by atoms with Crippen LogP contribution < -0.4 is 11.0 Å². The third kappa shape index (κ3) is 2.71. The first kappa shape index (κ1) is 16.3. The zero-order valence-corrected chi connectivity index (χ0v) is 14.8. The second kappa shape index (κ2) is 6.16. The highest BCUT2D eigenvalue weighted by Gasteiger charge is 2.20. The van der Waals surface area contributed by atoms with E-state index in [2.05, 4.69) is 9.98 Å². The molecule has 3 heterocycles. The van der Waals surface area contributed by atoms with Crippen LogP contribution in [0.4, 0.5) is 0 Å². The molecule has 0 atom stereocenters. The number of nitrogens with zero attached hydrogens (tertiary/aromatic N) is 4. The van der Waals surface area contributed by atoms with Crippen molar-refractivity contribution >= 4 is 27.5 Å². The van der Waals surface area contributed by atoms with Crippen molar-refractivity contribution in [2.45, 2.75) is 26.8 Å². The molecular formula is C17H18N4O2S. The van der Waals surface area contributed by atoms with Crippen molar-refractivity contribution in [1.29, 1.82) is 0 Å². The predicted octanol–water partition coefficient (Wildman–Crippen LogP) is 2.10. The minimum atomic E-state index is -0.197. The summed E-state index contributed by atoms with van der Waals surface area (Å²) in [5.41, 5.74) is 1.12. The number of hydrogen-bond acceptors (Lipinski definition) is 5. The number of pyridine rings is 1. The molecule has 0 radical (unpaired) electrons. The summed E-state index contributed by atoms with van der Waals surface area (Å²) in [5, 5.41) is 0.507. The van der Waals surface area contributed by atoms with Gasteiger partial charge in [0.2, 0.25) is 0 Å². The van der Waals surface area contributed by atoms with E-state index in [9.17, 15) is 9.59 Å². The zero-order valence-electron chi connectivity index (χ0n) is 14.0. The van der Waals surface area contributed by atoms with E-state index in [4.69, 9.17) is 0 Å². The molecule has 124 valence electrons. The lowest BCUT2D eigenvalue weighted by Crippen LogP contribution is -2.28. The minimum Gasteiger partial charge on any atom is -0.302 e. The first-order valence-corrected chi connectivity index (χ1v) is 8.42. The Hall–Kier alpha value is -2.54. The van der Waals surface area contributed by atoms with Crippen molar-refractivity contribution in [2.75, 3.05) is 0 Å². The van der Waals surface area contributed by atoms with Gasteiger partial charge in [-0.15, -0.1) is 11.3 Å². The van der Waals surface area contributed by atoms with Gasteiger partial charge in [-0.3, -0.25) is 19.1 Å². The van der Waals surface area contributed by atoms with Gasteiger partial charge in [-0.2, -0.15) is 0 Å². The topological polar surface area (TPSA) is 69.2 Å². The lowest BCUT2D eigenvalue weighted by atomic mass is 10.2. The highest BCUT2D eigenvalue weighted by Crippen LogP contribution is 2.27. The van der Waals surface area contributed by atoms with Crippen molar-refractivity contribution in [1.82, 2.24) is 14.1 Å². The summed E-state index contributed by atoms with van der Waals surface area (Å²) in [6, 6.07) is 5.51. The smallest absolute Gasteiger partial charge is 0.273 e. The molecule has 3 aromatic heterocycles. The van der Waals surface area contributed by atoms with Crippen molar-refractivity contribution in [3.8, 4) is 0 Å². The number of thiophene rings is 1. The molecule has 0 aliphatic heterocycles. The largest absolute Gasteiger partial charge is 0.302 e. The SMILES string of the molecule is Cc1c(C(=O)n2ccccc2=NC(C)C)sc2ncn(C)c(=O)c12. The van der Waals surface area contributed by atoms with E-state index in [-0.39, 0.29) is 17.5 Å². The van der Waals surface area contributed by atoms with Crippen LogP contribution in [0.2, 0.25) is 0 Å².